The van der Waals surface area contributed by atoms with Gasteiger partial charge < -0.3 is 5.11 Å². The number of aromatic hydroxyl groups is 1. The van der Waals surface area contributed by atoms with Crippen LogP contribution < -0.4 is 0 Å². The second kappa shape index (κ2) is 4.10. The zero-order chi connectivity index (χ0) is 12.7. The fourth-order valence-electron chi connectivity index (χ4n) is 2.08. The smallest absolute Gasteiger partial charge is 0.124 e. The molecule has 1 aromatic heterocycles. The lowest BCUT2D eigenvalue weighted by Gasteiger charge is -2.05. The number of benzene rings is 2. The molecule has 3 heteroatoms. The van der Waals surface area contributed by atoms with E-state index in [4.69, 9.17) is 0 Å². The Labute approximate surface area is 110 Å². The van der Waals surface area contributed by atoms with Crippen molar-refractivity contribution >= 4 is 21.6 Å². The Morgan fingerprint density at radius 1 is 1.06 bits per heavy atom. The van der Waals surface area contributed by atoms with Crippen molar-refractivity contribution in [2.45, 2.75) is 13.8 Å². The van der Waals surface area contributed by atoms with E-state index in [0.29, 0.717) is 5.75 Å². The lowest BCUT2D eigenvalue weighted by Crippen LogP contribution is -1.84. The van der Waals surface area contributed by atoms with Crippen LogP contribution in [-0.4, -0.2) is 10.1 Å². The summed E-state index contributed by atoms with van der Waals surface area (Å²) < 4.78 is 1.19. The monoisotopic (exact) mass is 255 g/mol. The number of rotatable bonds is 1. The maximum atomic E-state index is 9.80. The molecule has 3 aromatic rings. The van der Waals surface area contributed by atoms with E-state index in [2.05, 4.69) is 11.1 Å². The number of phenols is 1. The number of aryl methyl sites for hydroxylation is 2. The van der Waals surface area contributed by atoms with Crippen LogP contribution in [0.3, 0.4) is 0 Å². The van der Waals surface area contributed by atoms with Gasteiger partial charge in [-0.1, -0.05) is 12.1 Å². The molecule has 0 saturated heterocycles. The van der Waals surface area contributed by atoms with Gasteiger partial charge in [0.05, 0.1) is 10.2 Å². The molecule has 0 atom stereocenters. The predicted molar refractivity (Wildman–Crippen MR) is 76.2 cm³/mol. The molecule has 0 amide bonds. The molecule has 0 aliphatic heterocycles. The summed E-state index contributed by atoms with van der Waals surface area (Å²) in [5.74, 6) is 0.375. The fraction of sp³-hybridized carbons (Fsp3) is 0.133. The molecule has 0 fully saturated rings. The molecule has 0 radical (unpaired) electrons. The van der Waals surface area contributed by atoms with Crippen LogP contribution in [0.15, 0.2) is 36.4 Å². The predicted octanol–water partition coefficient (Wildman–Crippen LogP) is 4.29. The molecule has 0 aliphatic rings. The molecule has 3 rings (SSSR count). The third kappa shape index (κ3) is 1.77. The highest BCUT2D eigenvalue weighted by atomic mass is 32.1. The Morgan fingerprint density at radius 2 is 1.72 bits per heavy atom. The van der Waals surface area contributed by atoms with Gasteiger partial charge in [0.1, 0.15) is 10.8 Å². The molecular weight excluding hydrogens is 242 g/mol. The van der Waals surface area contributed by atoms with E-state index in [1.54, 1.807) is 11.3 Å². The van der Waals surface area contributed by atoms with Crippen molar-refractivity contribution in [1.29, 1.82) is 0 Å². The van der Waals surface area contributed by atoms with Crippen LogP contribution >= 0.6 is 11.3 Å². The summed E-state index contributed by atoms with van der Waals surface area (Å²) in [7, 11) is 0. The number of aromatic nitrogens is 1. The maximum Gasteiger partial charge on any atom is 0.124 e. The summed E-state index contributed by atoms with van der Waals surface area (Å²) in [5.41, 5.74) is 3.89. The first-order valence-electron chi connectivity index (χ1n) is 5.81. The van der Waals surface area contributed by atoms with Gasteiger partial charge in [-0.3, -0.25) is 0 Å². The molecule has 0 aliphatic carbocycles. The summed E-state index contributed by atoms with van der Waals surface area (Å²) in [6, 6.07) is 12.1. The van der Waals surface area contributed by atoms with Crippen molar-refractivity contribution in [2.24, 2.45) is 0 Å². The van der Waals surface area contributed by atoms with E-state index in [1.807, 2.05) is 44.2 Å². The van der Waals surface area contributed by atoms with Gasteiger partial charge in [-0.15, -0.1) is 11.3 Å². The molecular formula is C15H13NOS. The number of fused-ring (bicyclic) bond motifs is 1. The number of nitrogens with zero attached hydrogens (tertiary/aromatic N) is 1. The van der Waals surface area contributed by atoms with E-state index in [-0.39, 0.29) is 0 Å². The number of phenolic OH excluding ortho intramolecular Hbond substituents is 1. The van der Waals surface area contributed by atoms with Gasteiger partial charge in [-0.2, -0.15) is 0 Å². The number of hydrogen-bond donors (Lipinski definition) is 1. The minimum Gasteiger partial charge on any atom is -0.507 e. The molecule has 18 heavy (non-hydrogen) atoms. The molecule has 90 valence electrons. The fourth-order valence-corrected chi connectivity index (χ4v) is 3.03. The Kier molecular flexibility index (Phi) is 2.56. The van der Waals surface area contributed by atoms with Gasteiger partial charge >= 0.3 is 0 Å². The highest BCUT2D eigenvalue weighted by Crippen LogP contribution is 2.33. The number of thiazole rings is 1. The minimum absolute atomic E-state index is 0.375. The van der Waals surface area contributed by atoms with Crippen molar-refractivity contribution in [2.75, 3.05) is 0 Å². The van der Waals surface area contributed by atoms with Gasteiger partial charge in [0.2, 0.25) is 0 Å². The molecule has 2 nitrogen and oxygen atoms in total. The molecule has 0 unspecified atom stereocenters. The van der Waals surface area contributed by atoms with E-state index in [1.165, 1.54) is 4.70 Å². The zero-order valence-electron chi connectivity index (χ0n) is 10.3. The highest BCUT2D eigenvalue weighted by Gasteiger charge is 2.09. The quantitative estimate of drug-likeness (QED) is 0.703. The van der Waals surface area contributed by atoms with E-state index in [9.17, 15) is 5.11 Å². The van der Waals surface area contributed by atoms with Crippen LogP contribution in [0, 0.1) is 13.8 Å². The molecule has 0 saturated carbocycles. The van der Waals surface area contributed by atoms with Crippen molar-refractivity contribution < 1.29 is 5.11 Å². The van der Waals surface area contributed by atoms with E-state index < -0.39 is 0 Å². The van der Waals surface area contributed by atoms with E-state index in [0.717, 1.165) is 27.2 Å². The van der Waals surface area contributed by atoms with Crippen molar-refractivity contribution in [1.82, 2.24) is 4.98 Å². The van der Waals surface area contributed by atoms with Gasteiger partial charge in [-0.25, -0.2) is 4.98 Å². The first kappa shape index (κ1) is 11.2. The maximum absolute atomic E-state index is 9.80. The van der Waals surface area contributed by atoms with Crippen LogP contribution in [0.2, 0.25) is 0 Å². The number of hydrogen-bond acceptors (Lipinski definition) is 3. The van der Waals surface area contributed by atoms with Crippen molar-refractivity contribution in [3.05, 3.63) is 47.5 Å². The van der Waals surface area contributed by atoms with Gasteiger partial charge in [-0.05, 0) is 49.2 Å². The van der Waals surface area contributed by atoms with Gasteiger partial charge in [0.15, 0.2) is 0 Å². The first-order valence-corrected chi connectivity index (χ1v) is 6.63. The zero-order valence-corrected chi connectivity index (χ0v) is 11.1. The van der Waals surface area contributed by atoms with Crippen LogP contribution in [0.1, 0.15) is 11.1 Å². The van der Waals surface area contributed by atoms with Crippen LogP contribution in [0.4, 0.5) is 0 Å². The average Bonchev–Trinajstić information content (AvgIpc) is 2.79. The van der Waals surface area contributed by atoms with Crippen molar-refractivity contribution in [3.8, 4) is 16.3 Å². The summed E-state index contributed by atoms with van der Waals surface area (Å²) in [4.78, 5) is 4.63. The standard InChI is InChI=1S/C15H13NOS/c1-9-7-11(8-10(2)14(9)17)15-16-12-5-3-4-6-13(12)18-15/h3-8,17H,1-2H3. The Bertz CT molecular complexity index is 674. The SMILES string of the molecule is Cc1cc(-c2nc3ccccc3s2)cc(C)c1O. The van der Waals surface area contributed by atoms with Crippen molar-refractivity contribution in [3.63, 3.8) is 0 Å². The molecule has 0 bridgehead atoms. The first-order chi connectivity index (χ1) is 8.65. The second-order valence-corrected chi connectivity index (χ2v) is 5.48. The number of para-hydroxylation sites is 1. The normalized spacial score (nSPS) is 11.0. The second-order valence-electron chi connectivity index (χ2n) is 4.45. The van der Waals surface area contributed by atoms with Crippen LogP contribution in [0.5, 0.6) is 5.75 Å². The summed E-state index contributed by atoms with van der Waals surface area (Å²) >= 11 is 1.68. The van der Waals surface area contributed by atoms with Gasteiger partial charge in [0, 0.05) is 5.56 Å². The van der Waals surface area contributed by atoms with Gasteiger partial charge in [0.25, 0.3) is 0 Å². The Balaban J connectivity index is 2.20. The third-order valence-corrected chi connectivity index (χ3v) is 4.12. The minimum atomic E-state index is 0.375. The van der Waals surface area contributed by atoms with Crippen LogP contribution in [0.25, 0.3) is 20.8 Å². The molecule has 0 spiro atoms. The third-order valence-electron chi connectivity index (χ3n) is 3.03. The largest absolute Gasteiger partial charge is 0.507 e. The topological polar surface area (TPSA) is 33.1 Å². The summed E-state index contributed by atoms with van der Waals surface area (Å²) in [5, 5.41) is 10.8. The lowest BCUT2D eigenvalue weighted by molar-refractivity contribution is 0.467. The Morgan fingerprint density at radius 3 is 2.39 bits per heavy atom. The molecule has 1 N–H and O–H groups in total. The molecule has 1 heterocycles. The molecule has 2 aromatic carbocycles. The lowest BCUT2D eigenvalue weighted by atomic mass is 10.1. The van der Waals surface area contributed by atoms with Crippen LogP contribution in [-0.2, 0) is 0 Å². The average molecular weight is 255 g/mol. The Hall–Kier alpha value is -1.87. The highest BCUT2D eigenvalue weighted by molar-refractivity contribution is 7.21. The summed E-state index contributed by atoms with van der Waals surface area (Å²) in [6.45, 7) is 3.83. The summed E-state index contributed by atoms with van der Waals surface area (Å²) in [6.07, 6.45) is 0. The van der Waals surface area contributed by atoms with E-state index >= 15 is 0 Å².